The standard InChI is InChI=1S/C12H16INO2/c1-2-3-4-7-16-12(15)10-8-9(13)5-6-11(10)14/h5-6,8H,2-4,7,14H2,1H3. The van der Waals surface area contributed by atoms with Crippen LogP contribution in [-0.4, -0.2) is 12.6 Å². The Morgan fingerprint density at radius 3 is 2.88 bits per heavy atom. The average molecular weight is 333 g/mol. The van der Waals surface area contributed by atoms with E-state index >= 15 is 0 Å². The van der Waals surface area contributed by atoms with E-state index in [0.29, 0.717) is 17.9 Å². The van der Waals surface area contributed by atoms with Gasteiger partial charge >= 0.3 is 5.97 Å². The number of hydrogen-bond acceptors (Lipinski definition) is 3. The summed E-state index contributed by atoms with van der Waals surface area (Å²) < 4.78 is 6.12. The lowest BCUT2D eigenvalue weighted by Gasteiger charge is -2.07. The fraction of sp³-hybridized carbons (Fsp3) is 0.417. The highest BCUT2D eigenvalue weighted by molar-refractivity contribution is 14.1. The van der Waals surface area contributed by atoms with Crippen LogP contribution >= 0.6 is 22.6 Å². The van der Waals surface area contributed by atoms with Crippen LogP contribution in [-0.2, 0) is 4.74 Å². The SMILES string of the molecule is CCCCCOC(=O)c1cc(I)ccc1N. The molecule has 0 amide bonds. The van der Waals surface area contributed by atoms with Crippen LogP contribution in [0.5, 0.6) is 0 Å². The van der Waals surface area contributed by atoms with Gasteiger partial charge in [-0.25, -0.2) is 4.79 Å². The van der Waals surface area contributed by atoms with Crippen molar-refractivity contribution in [2.24, 2.45) is 0 Å². The van der Waals surface area contributed by atoms with E-state index in [-0.39, 0.29) is 5.97 Å². The second-order valence-electron chi connectivity index (χ2n) is 3.57. The maximum atomic E-state index is 11.7. The molecule has 4 heteroatoms. The molecule has 1 aromatic carbocycles. The summed E-state index contributed by atoms with van der Waals surface area (Å²) >= 11 is 2.14. The van der Waals surface area contributed by atoms with Gasteiger partial charge in [-0.15, -0.1) is 0 Å². The van der Waals surface area contributed by atoms with Crippen LogP contribution in [0.15, 0.2) is 18.2 Å². The summed E-state index contributed by atoms with van der Waals surface area (Å²) in [6.45, 7) is 2.58. The van der Waals surface area contributed by atoms with E-state index in [1.807, 2.05) is 6.07 Å². The maximum Gasteiger partial charge on any atom is 0.340 e. The Hall–Kier alpha value is -0.780. The first-order chi connectivity index (χ1) is 7.65. The van der Waals surface area contributed by atoms with Gasteiger partial charge in [0.2, 0.25) is 0 Å². The molecule has 2 N–H and O–H groups in total. The third kappa shape index (κ3) is 4.00. The van der Waals surface area contributed by atoms with E-state index in [1.165, 1.54) is 0 Å². The van der Waals surface area contributed by atoms with E-state index in [1.54, 1.807) is 12.1 Å². The predicted molar refractivity (Wildman–Crippen MR) is 73.4 cm³/mol. The zero-order chi connectivity index (χ0) is 12.0. The summed E-state index contributed by atoms with van der Waals surface area (Å²) in [5, 5.41) is 0. The van der Waals surface area contributed by atoms with Crippen molar-refractivity contribution in [3.05, 3.63) is 27.3 Å². The molecule has 16 heavy (non-hydrogen) atoms. The zero-order valence-electron chi connectivity index (χ0n) is 9.33. The largest absolute Gasteiger partial charge is 0.462 e. The number of anilines is 1. The third-order valence-corrected chi connectivity index (χ3v) is 2.89. The molecule has 0 saturated heterocycles. The Balaban J connectivity index is 2.55. The molecule has 0 aliphatic carbocycles. The molecule has 0 aromatic heterocycles. The number of esters is 1. The molecule has 0 radical (unpaired) electrons. The van der Waals surface area contributed by atoms with Crippen molar-refractivity contribution in [3.63, 3.8) is 0 Å². The molecule has 88 valence electrons. The number of carbonyl (C=O) groups is 1. The first kappa shape index (κ1) is 13.3. The Labute approximate surface area is 109 Å². The first-order valence-electron chi connectivity index (χ1n) is 5.37. The smallest absolute Gasteiger partial charge is 0.340 e. The van der Waals surface area contributed by atoms with Gasteiger partial charge in [-0.05, 0) is 47.2 Å². The van der Waals surface area contributed by atoms with Crippen molar-refractivity contribution >= 4 is 34.2 Å². The van der Waals surface area contributed by atoms with Gasteiger partial charge in [-0.1, -0.05) is 19.8 Å². The lowest BCUT2D eigenvalue weighted by Crippen LogP contribution is -2.09. The van der Waals surface area contributed by atoms with Crippen LogP contribution in [0.2, 0.25) is 0 Å². The number of nitrogens with two attached hydrogens (primary N) is 1. The van der Waals surface area contributed by atoms with Gasteiger partial charge in [-0.3, -0.25) is 0 Å². The molecule has 1 aromatic rings. The number of carbonyl (C=O) groups excluding carboxylic acids is 1. The Morgan fingerprint density at radius 2 is 2.19 bits per heavy atom. The lowest BCUT2D eigenvalue weighted by atomic mass is 10.2. The molecule has 0 aliphatic rings. The van der Waals surface area contributed by atoms with Crippen molar-refractivity contribution in [1.29, 1.82) is 0 Å². The highest BCUT2D eigenvalue weighted by Gasteiger charge is 2.11. The summed E-state index contributed by atoms with van der Waals surface area (Å²) in [4.78, 5) is 11.7. The van der Waals surface area contributed by atoms with Crippen molar-refractivity contribution in [2.75, 3.05) is 12.3 Å². The van der Waals surface area contributed by atoms with Gasteiger partial charge in [0.15, 0.2) is 0 Å². The lowest BCUT2D eigenvalue weighted by molar-refractivity contribution is 0.0499. The number of hydrogen-bond donors (Lipinski definition) is 1. The second kappa shape index (κ2) is 6.73. The summed E-state index contributed by atoms with van der Waals surface area (Å²) in [7, 11) is 0. The van der Waals surface area contributed by atoms with Crippen LogP contribution in [0.4, 0.5) is 5.69 Å². The summed E-state index contributed by atoms with van der Waals surface area (Å²) in [5.74, 6) is -0.327. The molecule has 3 nitrogen and oxygen atoms in total. The van der Waals surface area contributed by atoms with Crippen LogP contribution in [0.1, 0.15) is 36.5 Å². The molecular weight excluding hydrogens is 317 g/mol. The fourth-order valence-corrected chi connectivity index (χ4v) is 1.79. The number of nitrogen functional groups attached to an aromatic ring is 1. The molecular formula is C12H16INO2. The van der Waals surface area contributed by atoms with Crippen LogP contribution in [0.25, 0.3) is 0 Å². The van der Waals surface area contributed by atoms with E-state index in [4.69, 9.17) is 10.5 Å². The van der Waals surface area contributed by atoms with E-state index in [0.717, 1.165) is 22.8 Å². The maximum absolute atomic E-state index is 11.7. The highest BCUT2D eigenvalue weighted by Crippen LogP contribution is 2.16. The second-order valence-corrected chi connectivity index (χ2v) is 4.82. The predicted octanol–water partition coefficient (Wildman–Crippen LogP) is 3.22. The van der Waals surface area contributed by atoms with Gasteiger partial charge < -0.3 is 10.5 Å². The molecule has 0 unspecified atom stereocenters. The summed E-state index contributed by atoms with van der Waals surface area (Å²) in [6, 6.07) is 5.34. The fourth-order valence-electron chi connectivity index (χ4n) is 1.30. The van der Waals surface area contributed by atoms with Crippen molar-refractivity contribution in [1.82, 2.24) is 0 Å². The third-order valence-electron chi connectivity index (χ3n) is 2.22. The zero-order valence-corrected chi connectivity index (χ0v) is 11.5. The number of unbranched alkanes of at least 4 members (excludes halogenated alkanes) is 2. The minimum atomic E-state index is -0.327. The Bertz CT molecular complexity index is 366. The van der Waals surface area contributed by atoms with Crippen LogP contribution in [0, 0.1) is 3.57 Å². The molecule has 0 saturated carbocycles. The van der Waals surface area contributed by atoms with Crippen molar-refractivity contribution in [3.8, 4) is 0 Å². The number of halogens is 1. The molecule has 0 fully saturated rings. The molecule has 1 rings (SSSR count). The number of benzene rings is 1. The van der Waals surface area contributed by atoms with Crippen LogP contribution < -0.4 is 5.73 Å². The molecule has 0 atom stereocenters. The van der Waals surface area contributed by atoms with Gasteiger partial charge in [0.1, 0.15) is 0 Å². The topological polar surface area (TPSA) is 52.3 Å². The monoisotopic (exact) mass is 333 g/mol. The average Bonchev–Trinajstić information content (AvgIpc) is 2.27. The normalized spacial score (nSPS) is 10.1. The minimum absolute atomic E-state index is 0.327. The van der Waals surface area contributed by atoms with Crippen LogP contribution in [0.3, 0.4) is 0 Å². The number of ether oxygens (including phenoxy) is 1. The molecule has 0 bridgehead atoms. The molecule has 0 aliphatic heterocycles. The van der Waals surface area contributed by atoms with E-state index in [9.17, 15) is 4.79 Å². The van der Waals surface area contributed by atoms with Gasteiger partial charge in [-0.2, -0.15) is 0 Å². The Kier molecular flexibility index (Phi) is 5.59. The minimum Gasteiger partial charge on any atom is -0.462 e. The quantitative estimate of drug-likeness (QED) is 0.390. The first-order valence-corrected chi connectivity index (χ1v) is 6.45. The Morgan fingerprint density at radius 1 is 1.44 bits per heavy atom. The van der Waals surface area contributed by atoms with Crippen molar-refractivity contribution in [2.45, 2.75) is 26.2 Å². The van der Waals surface area contributed by atoms with E-state index < -0.39 is 0 Å². The van der Waals surface area contributed by atoms with Gasteiger partial charge in [0.25, 0.3) is 0 Å². The highest BCUT2D eigenvalue weighted by atomic mass is 127. The van der Waals surface area contributed by atoms with Gasteiger partial charge in [0.05, 0.1) is 12.2 Å². The molecule has 0 spiro atoms. The summed E-state index contributed by atoms with van der Waals surface area (Å²) in [6.07, 6.45) is 3.10. The summed E-state index contributed by atoms with van der Waals surface area (Å²) in [5.41, 5.74) is 6.65. The van der Waals surface area contributed by atoms with Gasteiger partial charge in [0, 0.05) is 9.26 Å². The van der Waals surface area contributed by atoms with Crippen molar-refractivity contribution < 1.29 is 9.53 Å². The van der Waals surface area contributed by atoms with E-state index in [2.05, 4.69) is 29.5 Å². The molecule has 0 heterocycles. The number of rotatable bonds is 5.